The molecule has 4 heteroatoms. The Balaban J connectivity index is 2.14. The number of rotatable bonds is 4. The highest BCUT2D eigenvalue weighted by Gasteiger charge is 2.12. The molecule has 1 aromatic carbocycles. The van der Waals surface area contributed by atoms with Gasteiger partial charge in [0.1, 0.15) is 5.75 Å². The number of aromatic nitrogens is 1. The maximum absolute atomic E-state index is 12.0. The van der Waals surface area contributed by atoms with Crippen molar-refractivity contribution in [2.24, 2.45) is 0 Å². The summed E-state index contributed by atoms with van der Waals surface area (Å²) in [7, 11) is 0. The predicted molar refractivity (Wildman–Crippen MR) is 82.8 cm³/mol. The Labute approximate surface area is 122 Å². The number of carbonyl (C=O) groups is 1. The lowest BCUT2D eigenvalue weighted by Gasteiger charge is -2.09. The molecule has 0 spiro atoms. The molecule has 0 fully saturated rings. The first-order valence-corrected chi connectivity index (χ1v) is 7.14. The van der Waals surface area contributed by atoms with E-state index < -0.39 is 0 Å². The number of aryl methyl sites for hydroxylation is 1. The van der Waals surface area contributed by atoms with E-state index in [0.717, 1.165) is 5.56 Å². The maximum Gasteiger partial charge on any atom is 0.219 e. The van der Waals surface area contributed by atoms with Crippen LogP contribution in [0.15, 0.2) is 43.1 Å². The molecule has 102 valence electrons. The maximum atomic E-state index is 12.0. The molecular formula is C16H15NO2S. The second-order valence-corrected chi connectivity index (χ2v) is 5.23. The SMILES string of the molecule is C=Cc1c(CSC(=O)c2ccccc2)cnc(C)c1O. The van der Waals surface area contributed by atoms with E-state index in [9.17, 15) is 9.90 Å². The molecule has 3 nitrogen and oxygen atoms in total. The van der Waals surface area contributed by atoms with Crippen molar-refractivity contribution >= 4 is 23.0 Å². The van der Waals surface area contributed by atoms with Gasteiger partial charge in [-0.1, -0.05) is 54.7 Å². The quantitative estimate of drug-likeness (QED) is 0.928. The molecule has 0 atom stereocenters. The van der Waals surface area contributed by atoms with Crippen LogP contribution in [0.2, 0.25) is 0 Å². The number of pyridine rings is 1. The van der Waals surface area contributed by atoms with Crippen LogP contribution in [0.25, 0.3) is 6.08 Å². The van der Waals surface area contributed by atoms with Crippen LogP contribution in [0.1, 0.15) is 27.2 Å². The minimum absolute atomic E-state index is 0.000627. The van der Waals surface area contributed by atoms with Crippen LogP contribution in [0.4, 0.5) is 0 Å². The Morgan fingerprint density at radius 1 is 1.40 bits per heavy atom. The van der Waals surface area contributed by atoms with E-state index in [1.54, 1.807) is 31.3 Å². The normalized spacial score (nSPS) is 10.2. The Kier molecular flexibility index (Phi) is 4.58. The second-order valence-electron chi connectivity index (χ2n) is 4.28. The van der Waals surface area contributed by atoms with Gasteiger partial charge in [0.05, 0.1) is 5.69 Å². The van der Waals surface area contributed by atoms with Crippen LogP contribution < -0.4 is 0 Å². The van der Waals surface area contributed by atoms with E-state index in [1.807, 2.05) is 18.2 Å². The molecule has 0 amide bonds. The van der Waals surface area contributed by atoms with E-state index in [-0.39, 0.29) is 10.9 Å². The molecule has 0 bridgehead atoms. The van der Waals surface area contributed by atoms with Gasteiger partial charge >= 0.3 is 0 Å². The van der Waals surface area contributed by atoms with Gasteiger partial charge in [-0.25, -0.2) is 0 Å². The summed E-state index contributed by atoms with van der Waals surface area (Å²) in [6.45, 7) is 5.43. The summed E-state index contributed by atoms with van der Waals surface area (Å²) in [4.78, 5) is 16.1. The minimum Gasteiger partial charge on any atom is -0.505 e. The molecule has 0 aliphatic rings. The Morgan fingerprint density at radius 2 is 2.10 bits per heavy atom. The van der Waals surface area contributed by atoms with Crippen LogP contribution in [-0.2, 0) is 5.75 Å². The van der Waals surface area contributed by atoms with Gasteiger partial charge in [0.2, 0.25) is 5.12 Å². The van der Waals surface area contributed by atoms with Crippen molar-refractivity contribution < 1.29 is 9.90 Å². The smallest absolute Gasteiger partial charge is 0.219 e. The van der Waals surface area contributed by atoms with Crippen LogP contribution >= 0.6 is 11.8 Å². The van der Waals surface area contributed by atoms with Gasteiger partial charge < -0.3 is 5.11 Å². The fraction of sp³-hybridized carbons (Fsp3) is 0.125. The summed E-state index contributed by atoms with van der Waals surface area (Å²) in [5.74, 6) is 0.584. The molecule has 0 unspecified atom stereocenters. The van der Waals surface area contributed by atoms with Crippen molar-refractivity contribution in [3.05, 3.63) is 65.5 Å². The fourth-order valence-corrected chi connectivity index (χ4v) is 2.62. The molecule has 0 saturated heterocycles. The van der Waals surface area contributed by atoms with Gasteiger partial charge in [0, 0.05) is 23.1 Å². The average molecular weight is 285 g/mol. The molecule has 1 aromatic heterocycles. The topological polar surface area (TPSA) is 50.2 Å². The summed E-state index contributed by atoms with van der Waals surface area (Å²) in [5, 5.41) is 9.93. The minimum atomic E-state index is 0.000627. The summed E-state index contributed by atoms with van der Waals surface area (Å²) in [6, 6.07) is 9.12. The van der Waals surface area contributed by atoms with Crippen molar-refractivity contribution in [1.82, 2.24) is 4.98 Å². The highest BCUT2D eigenvalue weighted by Crippen LogP contribution is 2.28. The third kappa shape index (κ3) is 3.08. The molecular weight excluding hydrogens is 270 g/mol. The molecule has 0 aliphatic heterocycles. The molecule has 2 aromatic rings. The third-order valence-electron chi connectivity index (χ3n) is 2.93. The van der Waals surface area contributed by atoms with Gasteiger partial charge in [0.25, 0.3) is 0 Å². The zero-order chi connectivity index (χ0) is 14.5. The lowest BCUT2D eigenvalue weighted by atomic mass is 10.1. The molecule has 20 heavy (non-hydrogen) atoms. The van der Waals surface area contributed by atoms with Crippen LogP contribution in [-0.4, -0.2) is 15.2 Å². The largest absolute Gasteiger partial charge is 0.505 e. The monoisotopic (exact) mass is 285 g/mol. The van der Waals surface area contributed by atoms with Crippen molar-refractivity contribution in [1.29, 1.82) is 0 Å². The van der Waals surface area contributed by atoms with E-state index in [1.165, 1.54) is 11.8 Å². The van der Waals surface area contributed by atoms with E-state index in [2.05, 4.69) is 11.6 Å². The third-order valence-corrected chi connectivity index (χ3v) is 3.88. The van der Waals surface area contributed by atoms with Gasteiger partial charge in [-0.15, -0.1) is 0 Å². The average Bonchev–Trinajstić information content (AvgIpc) is 2.49. The first kappa shape index (κ1) is 14.3. The van der Waals surface area contributed by atoms with Gasteiger partial charge in [-0.3, -0.25) is 9.78 Å². The predicted octanol–water partition coefficient (Wildman–Crippen LogP) is 3.81. The number of nitrogens with zero attached hydrogens (tertiary/aromatic N) is 1. The van der Waals surface area contributed by atoms with Crippen molar-refractivity contribution in [3.8, 4) is 5.75 Å². The molecule has 1 heterocycles. The zero-order valence-electron chi connectivity index (χ0n) is 11.2. The lowest BCUT2D eigenvalue weighted by Crippen LogP contribution is -1.97. The highest BCUT2D eigenvalue weighted by molar-refractivity contribution is 8.13. The summed E-state index contributed by atoms with van der Waals surface area (Å²) >= 11 is 1.19. The first-order chi connectivity index (χ1) is 9.63. The molecule has 1 N–H and O–H groups in total. The van der Waals surface area contributed by atoms with Crippen molar-refractivity contribution in [2.75, 3.05) is 0 Å². The standard InChI is InChI=1S/C16H15NO2S/c1-3-14-13(9-17-11(2)15(14)18)10-20-16(19)12-7-5-4-6-8-12/h3-9,18H,1,10H2,2H3. The first-order valence-electron chi connectivity index (χ1n) is 6.15. The van der Waals surface area contributed by atoms with E-state index in [4.69, 9.17) is 0 Å². The Hall–Kier alpha value is -2.07. The zero-order valence-corrected chi connectivity index (χ0v) is 12.0. The Bertz CT molecular complexity index is 638. The number of aromatic hydroxyl groups is 1. The highest BCUT2D eigenvalue weighted by atomic mass is 32.2. The van der Waals surface area contributed by atoms with E-state index in [0.29, 0.717) is 22.6 Å². The number of carbonyl (C=O) groups excluding carboxylic acids is 1. The van der Waals surface area contributed by atoms with Crippen LogP contribution in [0.3, 0.4) is 0 Å². The molecule has 0 radical (unpaired) electrons. The summed E-state index contributed by atoms with van der Waals surface area (Å²) < 4.78 is 0. The van der Waals surface area contributed by atoms with Crippen LogP contribution in [0.5, 0.6) is 5.75 Å². The van der Waals surface area contributed by atoms with E-state index >= 15 is 0 Å². The lowest BCUT2D eigenvalue weighted by molar-refractivity contribution is 0.108. The molecule has 0 aliphatic carbocycles. The van der Waals surface area contributed by atoms with Gasteiger partial charge in [-0.05, 0) is 12.5 Å². The van der Waals surface area contributed by atoms with Gasteiger partial charge in [-0.2, -0.15) is 0 Å². The Morgan fingerprint density at radius 3 is 2.75 bits per heavy atom. The summed E-state index contributed by atoms with van der Waals surface area (Å²) in [6.07, 6.45) is 3.27. The summed E-state index contributed by atoms with van der Waals surface area (Å²) in [5.41, 5.74) is 2.67. The van der Waals surface area contributed by atoms with Gasteiger partial charge in [0.15, 0.2) is 0 Å². The number of hydrogen-bond donors (Lipinski definition) is 1. The van der Waals surface area contributed by atoms with Crippen molar-refractivity contribution in [3.63, 3.8) is 0 Å². The number of hydrogen-bond acceptors (Lipinski definition) is 4. The van der Waals surface area contributed by atoms with Crippen molar-refractivity contribution in [2.45, 2.75) is 12.7 Å². The van der Waals surface area contributed by atoms with Crippen LogP contribution in [0, 0.1) is 6.92 Å². The molecule has 2 rings (SSSR count). The number of benzene rings is 1. The molecule has 0 saturated carbocycles. The fourth-order valence-electron chi connectivity index (χ4n) is 1.80. The second kappa shape index (κ2) is 6.39. The number of thioether (sulfide) groups is 1.